The molecule has 0 aliphatic carbocycles. The van der Waals surface area contributed by atoms with E-state index in [1.54, 1.807) is 0 Å². The standard InChI is InChI=1S/C28H40N6/c1-3-5-7-9-11-21-27(33-29-23-17-13-14-18-24(23)30-33)28(22-12-10-8-6-4-2)34-31-25-19-15-16-20-26(25)32-34/h13-20,27-28H,3-12,21-22H2,1-2H3/t27-,28+. The van der Waals surface area contributed by atoms with E-state index in [0.29, 0.717) is 0 Å². The topological polar surface area (TPSA) is 61.4 Å². The zero-order chi connectivity index (χ0) is 23.6. The fraction of sp³-hybridized carbons (Fsp3) is 0.571. The fourth-order valence-corrected chi connectivity index (χ4v) is 4.89. The van der Waals surface area contributed by atoms with E-state index < -0.39 is 0 Å². The molecule has 0 amide bonds. The zero-order valence-corrected chi connectivity index (χ0v) is 20.9. The van der Waals surface area contributed by atoms with Crippen LogP contribution in [0.2, 0.25) is 0 Å². The van der Waals surface area contributed by atoms with Crippen molar-refractivity contribution in [1.29, 1.82) is 0 Å². The van der Waals surface area contributed by atoms with Gasteiger partial charge in [-0.05, 0) is 37.1 Å². The van der Waals surface area contributed by atoms with Gasteiger partial charge in [0.1, 0.15) is 22.1 Å². The third kappa shape index (κ3) is 6.22. The smallest absolute Gasteiger partial charge is 0.113 e. The molecule has 0 spiro atoms. The lowest BCUT2D eigenvalue weighted by atomic mass is 9.96. The predicted molar refractivity (Wildman–Crippen MR) is 140 cm³/mol. The van der Waals surface area contributed by atoms with Gasteiger partial charge in [0.15, 0.2) is 0 Å². The molecule has 0 aliphatic heterocycles. The molecule has 0 bridgehead atoms. The van der Waals surface area contributed by atoms with Crippen molar-refractivity contribution in [3.8, 4) is 0 Å². The predicted octanol–water partition coefficient (Wildman–Crippen LogP) is 7.68. The first kappa shape index (κ1) is 24.4. The minimum atomic E-state index is 0.141. The molecule has 2 heterocycles. The summed E-state index contributed by atoms with van der Waals surface area (Å²) in [7, 11) is 0. The molecule has 0 saturated heterocycles. The van der Waals surface area contributed by atoms with E-state index in [0.717, 1.165) is 34.9 Å². The molecule has 0 radical (unpaired) electrons. The number of unbranched alkanes of at least 4 members (excludes halogenated alkanes) is 8. The van der Waals surface area contributed by atoms with E-state index in [9.17, 15) is 0 Å². The molecule has 0 fully saturated rings. The Morgan fingerprint density at radius 1 is 0.500 bits per heavy atom. The van der Waals surface area contributed by atoms with Crippen LogP contribution in [0.25, 0.3) is 22.1 Å². The van der Waals surface area contributed by atoms with Crippen LogP contribution in [0.1, 0.15) is 103 Å². The first-order valence-corrected chi connectivity index (χ1v) is 13.4. The number of hydrogen-bond donors (Lipinski definition) is 0. The Bertz CT molecular complexity index is 974. The van der Waals surface area contributed by atoms with E-state index in [4.69, 9.17) is 20.4 Å². The van der Waals surface area contributed by atoms with Crippen LogP contribution in [-0.4, -0.2) is 30.0 Å². The SMILES string of the molecule is CCCCCCC[C@H]([C@H](CCCCCCC)n1nc2ccccc2n1)n1nc2ccccc2n1. The Hall–Kier alpha value is -2.76. The van der Waals surface area contributed by atoms with Crippen molar-refractivity contribution in [3.63, 3.8) is 0 Å². The lowest BCUT2D eigenvalue weighted by molar-refractivity contribution is 0.211. The number of benzene rings is 2. The van der Waals surface area contributed by atoms with E-state index in [-0.39, 0.29) is 12.1 Å². The van der Waals surface area contributed by atoms with Crippen molar-refractivity contribution >= 4 is 22.1 Å². The van der Waals surface area contributed by atoms with Gasteiger partial charge in [-0.3, -0.25) is 0 Å². The van der Waals surface area contributed by atoms with E-state index >= 15 is 0 Å². The van der Waals surface area contributed by atoms with Gasteiger partial charge in [-0.25, -0.2) is 0 Å². The van der Waals surface area contributed by atoms with Gasteiger partial charge in [-0.1, -0.05) is 102 Å². The molecule has 6 heteroatoms. The highest BCUT2D eigenvalue weighted by atomic mass is 15.5. The van der Waals surface area contributed by atoms with Crippen molar-refractivity contribution in [2.75, 3.05) is 0 Å². The third-order valence-electron chi connectivity index (χ3n) is 6.85. The Labute approximate surface area is 203 Å². The van der Waals surface area contributed by atoms with E-state index in [1.165, 1.54) is 64.2 Å². The Balaban J connectivity index is 1.63. The summed E-state index contributed by atoms with van der Waals surface area (Å²) >= 11 is 0. The van der Waals surface area contributed by atoms with Gasteiger partial charge in [0.05, 0.1) is 12.1 Å². The summed E-state index contributed by atoms with van der Waals surface area (Å²) in [4.78, 5) is 3.96. The van der Waals surface area contributed by atoms with Crippen LogP contribution in [0.3, 0.4) is 0 Å². The molecule has 2 aromatic carbocycles. The summed E-state index contributed by atoms with van der Waals surface area (Å²) in [6.07, 6.45) is 14.7. The van der Waals surface area contributed by atoms with Crippen molar-refractivity contribution in [2.24, 2.45) is 0 Å². The lowest BCUT2D eigenvalue weighted by Crippen LogP contribution is -2.27. The zero-order valence-electron chi connectivity index (χ0n) is 20.9. The Morgan fingerprint density at radius 2 is 0.824 bits per heavy atom. The van der Waals surface area contributed by atoms with Crippen LogP contribution < -0.4 is 0 Å². The van der Waals surface area contributed by atoms with Gasteiger partial charge in [0.25, 0.3) is 0 Å². The summed E-state index contributed by atoms with van der Waals surface area (Å²) in [6, 6.07) is 16.6. The molecular formula is C28H40N6. The first-order chi connectivity index (χ1) is 16.8. The van der Waals surface area contributed by atoms with Gasteiger partial charge < -0.3 is 0 Å². The molecular weight excluding hydrogens is 420 g/mol. The van der Waals surface area contributed by atoms with Crippen molar-refractivity contribution in [1.82, 2.24) is 30.0 Å². The molecule has 4 rings (SSSR count). The first-order valence-electron chi connectivity index (χ1n) is 13.4. The maximum absolute atomic E-state index is 4.92. The highest BCUT2D eigenvalue weighted by Crippen LogP contribution is 2.33. The summed E-state index contributed by atoms with van der Waals surface area (Å²) in [5.41, 5.74) is 3.83. The molecule has 2 aromatic heterocycles. The van der Waals surface area contributed by atoms with Crippen LogP contribution >= 0.6 is 0 Å². The van der Waals surface area contributed by atoms with Gasteiger partial charge in [-0.15, -0.1) is 0 Å². The summed E-state index contributed by atoms with van der Waals surface area (Å²) < 4.78 is 0. The highest BCUT2D eigenvalue weighted by molar-refractivity contribution is 5.73. The Kier molecular flexibility index (Phi) is 9.05. The molecule has 182 valence electrons. The number of aromatic nitrogens is 6. The molecule has 2 atom stereocenters. The second-order valence-electron chi connectivity index (χ2n) is 9.56. The number of rotatable bonds is 15. The van der Waals surface area contributed by atoms with Crippen molar-refractivity contribution in [3.05, 3.63) is 48.5 Å². The lowest BCUT2D eigenvalue weighted by Gasteiger charge is -2.26. The minimum Gasteiger partial charge on any atom is -0.178 e. The fourth-order valence-electron chi connectivity index (χ4n) is 4.89. The molecule has 0 aliphatic rings. The van der Waals surface area contributed by atoms with Crippen LogP contribution in [0, 0.1) is 0 Å². The minimum absolute atomic E-state index is 0.141. The normalized spacial score (nSPS) is 13.6. The monoisotopic (exact) mass is 460 g/mol. The highest BCUT2D eigenvalue weighted by Gasteiger charge is 2.28. The number of fused-ring (bicyclic) bond motifs is 2. The van der Waals surface area contributed by atoms with Gasteiger partial charge in [-0.2, -0.15) is 30.0 Å². The number of nitrogens with zero attached hydrogens (tertiary/aromatic N) is 6. The second kappa shape index (κ2) is 12.6. The molecule has 0 unspecified atom stereocenters. The summed E-state index contributed by atoms with van der Waals surface area (Å²) in [5.74, 6) is 0. The maximum Gasteiger partial charge on any atom is 0.113 e. The van der Waals surface area contributed by atoms with E-state index in [1.807, 2.05) is 33.9 Å². The van der Waals surface area contributed by atoms with Crippen LogP contribution in [0.5, 0.6) is 0 Å². The van der Waals surface area contributed by atoms with E-state index in [2.05, 4.69) is 38.1 Å². The van der Waals surface area contributed by atoms with Crippen LogP contribution in [0.4, 0.5) is 0 Å². The summed E-state index contributed by atoms with van der Waals surface area (Å²) in [6.45, 7) is 4.54. The van der Waals surface area contributed by atoms with Crippen molar-refractivity contribution < 1.29 is 0 Å². The average Bonchev–Trinajstić information content (AvgIpc) is 3.48. The maximum atomic E-state index is 4.92. The second-order valence-corrected chi connectivity index (χ2v) is 9.56. The van der Waals surface area contributed by atoms with Crippen LogP contribution in [0.15, 0.2) is 48.5 Å². The van der Waals surface area contributed by atoms with Crippen LogP contribution in [-0.2, 0) is 0 Å². The molecule has 4 aromatic rings. The Morgan fingerprint density at radius 3 is 1.15 bits per heavy atom. The summed E-state index contributed by atoms with van der Waals surface area (Å²) in [5, 5.41) is 19.7. The number of hydrogen-bond acceptors (Lipinski definition) is 4. The molecule has 0 saturated carbocycles. The van der Waals surface area contributed by atoms with Crippen molar-refractivity contribution in [2.45, 2.75) is 103 Å². The quantitative estimate of drug-likeness (QED) is 0.171. The molecule has 0 N–H and O–H groups in total. The molecule has 34 heavy (non-hydrogen) atoms. The third-order valence-corrected chi connectivity index (χ3v) is 6.85. The molecule has 6 nitrogen and oxygen atoms in total. The van der Waals surface area contributed by atoms with Gasteiger partial charge >= 0.3 is 0 Å². The van der Waals surface area contributed by atoms with Gasteiger partial charge in [0, 0.05) is 0 Å². The van der Waals surface area contributed by atoms with Gasteiger partial charge in [0.2, 0.25) is 0 Å². The largest absolute Gasteiger partial charge is 0.178 e. The average molecular weight is 461 g/mol.